The number of para-hydroxylation sites is 1. The Morgan fingerprint density at radius 1 is 0.966 bits per heavy atom. The molecule has 0 fully saturated rings. The van der Waals surface area contributed by atoms with E-state index in [2.05, 4.69) is 15.3 Å². The van der Waals surface area contributed by atoms with Crippen molar-refractivity contribution in [1.82, 2.24) is 15.0 Å². The van der Waals surface area contributed by atoms with Crippen molar-refractivity contribution in [3.8, 4) is 17.1 Å². The van der Waals surface area contributed by atoms with Gasteiger partial charge in [-0.2, -0.15) is 0 Å². The van der Waals surface area contributed by atoms with Crippen molar-refractivity contribution in [2.75, 3.05) is 11.1 Å². The predicted octanol–water partition coefficient (Wildman–Crippen LogP) is 4.68. The van der Waals surface area contributed by atoms with Gasteiger partial charge in [-0.15, -0.1) is 0 Å². The third-order valence-corrected chi connectivity index (χ3v) is 5.01. The van der Waals surface area contributed by atoms with E-state index in [1.807, 2.05) is 54.6 Å². The second-order valence-corrected chi connectivity index (χ2v) is 6.93. The summed E-state index contributed by atoms with van der Waals surface area (Å²) in [7, 11) is 0. The molecule has 6 heteroatoms. The van der Waals surface area contributed by atoms with Crippen molar-refractivity contribution < 1.29 is 5.11 Å². The first-order chi connectivity index (χ1) is 14.2. The third-order valence-electron chi connectivity index (χ3n) is 5.01. The number of rotatable bonds is 4. The maximum atomic E-state index is 10.6. The molecule has 29 heavy (non-hydrogen) atoms. The predicted molar refractivity (Wildman–Crippen MR) is 117 cm³/mol. The average molecular weight is 381 g/mol. The maximum absolute atomic E-state index is 10.6. The van der Waals surface area contributed by atoms with Crippen LogP contribution >= 0.6 is 0 Å². The molecule has 5 N–H and O–H groups in total. The van der Waals surface area contributed by atoms with Crippen LogP contribution in [0.2, 0.25) is 0 Å². The van der Waals surface area contributed by atoms with Gasteiger partial charge in [-0.25, -0.2) is 4.98 Å². The van der Waals surface area contributed by atoms with Gasteiger partial charge >= 0.3 is 0 Å². The van der Waals surface area contributed by atoms with Crippen molar-refractivity contribution in [1.29, 1.82) is 0 Å². The number of hydrogen-bond donors (Lipinski definition) is 4. The quantitative estimate of drug-likeness (QED) is 0.339. The second kappa shape index (κ2) is 6.83. The number of benzene rings is 2. The van der Waals surface area contributed by atoms with Gasteiger partial charge in [0.25, 0.3) is 0 Å². The van der Waals surface area contributed by atoms with Crippen LogP contribution in [0.3, 0.4) is 0 Å². The SMILES string of the molecule is Nc1ccc2[nH]c(O)c(-c3cc(NCc4ccncc4)c4ccccc4n3)c2c1. The number of nitrogen functional groups attached to an aromatic ring is 1. The van der Waals surface area contributed by atoms with E-state index < -0.39 is 0 Å². The van der Waals surface area contributed by atoms with Gasteiger partial charge in [-0.3, -0.25) is 4.98 Å². The number of aromatic amines is 1. The summed E-state index contributed by atoms with van der Waals surface area (Å²) >= 11 is 0. The number of nitrogens with zero attached hydrogens (tertiary/aromatic N) is 2. The summed E-state index contributed by atoms with van der Waals surface area (Å²) in [6.07, 6.45) is 3.56. The molecular weight excluding hydrogens is 362 g/mol. The zero-order valence-corrected chi connectivity index (χ0v) is 15.6. The highest BCUT2D eigenvalue weighted by Crippen LogP contribution is 2.39. The van der Waals surface area contributed by atoms with Crippen LogP contribution in [0.4, 0.5) is 11.4 Å². The molecule has 6 nitrogen and oxygen atoms in total. The molecule has 3 aromatic heterocycles. The first-order valence-electron chi connectivity index (χ1n) is 9.32. The van der Waals surface area contributed by atoms with E-state index in [4.69, 9.17) is 10.7 Å². The van der Waals surface area contributed by atoms with Crippen LogP contribution < -0.4 is 11.1 Å². The fourth-order valence-corrected chi connectivity index (χ4v) is 3.60. The van der Waals surface area contributed by atoms with E-state index in [1.54, 1.807) is 18.5 Å². The van der Waals surface area contributed by atoms with Crippen molar-refractivity contribution in [2.24, 2.45) is 0 Å². The summed E-state index contributed by atoms with van der Waals surface area (Å²) in [6, 6.07) is 19.4. The number of fused-ring (bicyclic) bond motifs is 2. The van der Waals surface area contributed by atoms with Gasteiger partial charge in [-0.1, -0.05) is 18.2 Å². The number of nitrogens with two attached hydrogens (primary N) is 1. The Labute approximate surface area is 167 Å². The lowest BCUT2D eigenvalue weighted by atomic mass is 10.1. The Morgan fingerprint density at radius 3 is 2.66 bits per heavy atom. The molecule has 0 saturated carbocycles. The van der Waals surface area contributed by atoms with E-state index in [0.717, 1.165) is 33.1 Å². The number of aromatic hydroxyl groups is 1. The van der Waals surface area contributed by atoms with Crippen LogP contribution in [0.25, 0.3) is 33.1 Å². The zero-order chi connectivity index (χ0) is 19.8. The fraction of sp³-hybridized carbons (Fsp3) is 0.0435. The fourth-order valence-electron chi connectivity index (χ4n) is 3.60. The molecule has 142 valence electrons. The van der Waals surface area contributed by atoms with E-state index in [1.165, 1.54) is 0 Å². The van der Waals surface area contributed by atoms with Crippen LogP contribution in [0.5, 0.6) is 5.88 Å². The topological polar surface area (TPSA) is 99.9 Å². The lowest BCUT2D eigenvalue weighted by molar-refractivity contribution is 0.460. The first-order valence-corrected chi connectivity index (χ1v) is 9.32. The zero-order valence-electron chi connectivity index (χ0n) is 15.6. The van der Waals surface area contributed by atoms with Crippen molar-refractivity contribution >= 4 is 33.2 Å². The van der Waals surface area contributed by atoms with Crippen molar-refractivity contribution in [3.63, 3.8) is 0 Å². The molecule has 2 aromatic carbocycles. The van der Waals surface area contributed by atoms with Crippen LogP contribution in [-0.4, -0.2) is 20.1 Å². The number of nitrogens with one attached hydrogen (secondary N) is 2. The van der Waals surface area contributed by atoms with Gasteiger partial charge in [0.1, 0.15) is 0 Å². The second-order valence-electron chi connectivity index (χ2n) is 6.93. The number of anilines is 2. The molecule has 0 spiro atoms. The van der Waals surface area contributed by atoms with Crippen LogP contribution in [0, 0.1) is 0 Å². The first kappa shape index (κ1) is 17.1. The Bertz CT molecular complexity index is 1330. The Kier molecular flexibility index (Phi) is 4.02. The summed E-state index contributed by atoms with van der Waals surface area (Å²) in [5.74, 6) is 0.0773. The van der Waals surface area contributed by atoms with Crippen LogP contribution in [0.15, 0.2) is 73.1 Å². The average Bonchev–Trinajstić information content (AvgIpc) is 3.07. The van der Waals surface area contributed by atoms with Gasteiger partial charge in [-0.05, 0) is 48.0 Å². The van der Waals surface area contributed by atoms with E-state index in [-0.39, 0.29) is 5.88 Å². The highest BCUT2D eigenvalue weighted by Gasteiger charge is 2.16. The molecule has 0 bridgehead atoms. The molecule has 5 aromatic rings. The van der Waals surface area contributed by atoms with Gasteiger partial charge in [0.2, 0.25) is 0 Å². The molecule has 3 heterocycles. The van der Waals surface area contributed by atoms with Crippen molar-refractivity contribution in [3.05, 3.63) is 78.6 Å². The largest absolute Gasteiger partial charge is 0.494 e. The summed E-state index contributed by atoms with van der Waals surface area (Å²) < 4.78 is 0. The monoisotopic (exact) mass is 381 g/mol. The molecule has 0 aliphatic rings. The van der Waals surface area contributed by atoms with Gasteiger partial charge in [0.15, 0.2) is 5.88 Å². The minimum Gasteiger partial charge on any atom is -0.494 e. The molecule has 0 amide bonds. The standard InChI is InChI=1S/C23H19N5O/c24-15-5-6-19-17(11-15)22(23(29)28-19)21-12-20(16-3-1-2-4-18(16)27-21)26-13-14-7-9-25-10-8-14/h1-12,28-29H,13,24H2,(H,26,27). The highest BCUT2D eigenvalue weighted by molar-refractivity contribution is 6.02. The van der Waals surface area contributed by atoms with Gasteiger partial charge in [0, 0.05) is 46.6 Å². The maximum Gasteiger partial charge on any atom is 0.199 e. The molecule has 0 radical (unpaired) electrons. The van der Waals surface area contributed by atoms with E-state index >= 15 is 0 Å². The number of hydrogen-bond acceptors (Lipinski definition) is 5. The summed E-state index contributed by atoms with van der Waals surface area (Å²) in [5.41, 5.74) is 11.7. The molecule has 0 aliphatic carbocycles. The van der Waals surface area contributed by atoms with Crippen LogP contribution in [-0.2, 0) is 6.54 Å². The third kappa shape index (κ3) is 3.10. The van der Waals surface area contributed by atoms with Gasteiger partial charge < -0.3 is 21.1 Å². The number of pyridine rings is 2. The van der Waals surface area contributed by atoms with E-state index in [0.29, 0.717) is 23.5 Å². The number of H-pyrrole nitrogens is 1. The molecule has 0 saturated heterocycles. The minimum absolute atomic E-state index is 0.0773. The lowest BCUT2D eigenvalue weighted by Crippen LogP contribution is -2.01. The molecule has 5 rings (SSSR count). The lowest BCUT2D eigenvalue weighted by Gasteiger charge is -2.12. The Balaban J connectivity index is 1.66. The molecule has 0 unspecified atom stereocenters. The molecule has 0 aliphatic heterocycles. The normalized spacial score (nSPS) is 11.2. The van der Waals surface area contributed by atoms with Gasteiger partial charge in [0.05, 0.1) is 16.8 Å². The van der Waals surface area contributed by atoms with E-state index in [9.17, 15) is 5.11 Å². The minimum atomic E-state index is 0.0773. The molecular formula is C23H19N5O. The highest BCUT2D eigenvalue weighted by atomic mass is 16.3. The smallest absolute Gasteiger partial charge is 0.199 e. The Morgan fingerprint density at radius 2 is 1.79 bits per heavy atom. The Hall–Kier alpha value is -4.06. The van der Waals surface area contributed by atoms with Crippen LogP contribution in [0.1, 0.15) is 5.56 Å². The van der Waals surface area contributed by atoms with Crippen molar-refractivity contribution in [2.45, 2.75) is 6.54 Å². The summed E-state index contributed by atoms with van der Waals surface area (Å²) in [4.78, 5) is 11.9. The number of aromatic nitrogens is 3. The summed E-state index contributed by atoms with van der Waals surface area (Å²) in [5, 5.41) is 15.9. The summed E-state index contributed by atoms with van der Waals surface area (Å²) in [6.45, 7) is 0.656. The molecule has 0 atom stereocenters.